The van der Waals surface area contributed by atoms with Crippen LogP contribution in [0.1, 0.15) is 12.0 Å². The maximum Gasteiger partial charge on any atom is 0.341 e. The molecule has 7 heteroatoms. The molecule has 22 heavy (non-hydrogen) atoms. The van der Waals surface area contributed by atoms with Gasteiger partial charge in [0.1, 0.15) is 5.75 Å². The number of imidazole rings is 1. The van der Waals surface area contributed by atoms with Gasteiger partial charge in [-0.1, -0.05) is 12.1 Å². The van der Waals surface area contributed by atoms with Crippen molar-refractivity contribution in [2.45, 2.75) is 19.5 Å². The molecule has 2 aromatic rings. The number of benzene rings is 1. The van der Waals surface area contributed by atoms with E-state index in [0.717, 1.165) is 31.6 Å². The Morgan fingerprint density at radius 3 is 2.73 bits per heavy atom. The number of aryl methyl sites for hydroxylation is 1. The zero-order valence-corrected chi connectivity index (χ0v) is 13.0. The van der Waals surface area contributed by atoms with Crippen LogP contribution in [0.25, 0.3) is 0 Å². The van der Waals surface area contributed by atoms with Gasteiger partial charge in [-0.05, 0) is 30.7 Å². The van der Waals surface area contributed by atoms with Crippen molar-refractivity contribution in [3.8, 4) is 5.75 Å². The summed E-state index contributed by atoms with van der Waals surface area (Å²) in [4.78, 5) is 14.4. The fraction of sp³-hybridized carbons (Fsp3) is 0.333. The Morgan fingerprint density at radius 1 is 1.32 bits per heavy atom. The molecule has 1 heterocycles. The standard InChI is InChI=1S/C15H19N3O3.ClH/c19-15(20)11-21-14-4-2-13(3-5-14)10-16-6-1-8-18-9-7-17-12-18;/h2-5,7,9,12,16H,1,6,8,10-11H2,(H,19,20);1H. The first-order chi connectivity index (χ1) is 10.2. The fourth-order valence-corrected chi connectivity index (χ4v) is 1.89. The van der Waals surface area contributed by atoms with Crippen LogP contribution in [0.2, 0.25) is 0 Å². The number of hydrogen-bond donors (Lipinski definition) is 2. The van der Waals surface area contributed by atoms with Gasteiger partial charge in [0.15, 0.2) is 6.61 Å². The molecule has 0 spiro atoms. The largest absolute Gasteiger partial charge is 0.482 e. The molecule has 0 radical (unpaired) electrons. The number of aromatic nitrogens is 2. The lowest BCUT2D eigenvalue weighted by Gasteiger charge is -2.07. The maximum absolute atomic E-state index is 10.4. The molecule has 120 valence electrons. The molecular formula is C15H20ClN3O3. The Hall–Kier alpha value is -2.05. The molecule has 0 unspecified atom stereocenters. The van der Waals surface area contributed by atoms with E-state index in [1.807, 2.05) is 24.7 Å². The van der Waals surface area contributed by atoms with Crippen molar-refractivity contribution < 1.29 is 14.6 Å². The molecule has 0 aliphatic heterocycles. The summed E-state index contributed by atoms with van der Waals surface area (Å²) in [7, 11) is 0. The number of nitrogens with one attached hydrogen (secondary N) is 1. The first kappa shape index (κ1) is 18.0. The summed E-state index contributed by atoms with van der Waals surface area (Å²) in [5.74, 6) is -0.403. The van der Waals surface area contributed by atoms with E-state index in [-0.39, 0.29) is 19.0 Å². The average Bonchev–Trinajstić information content (AvgIpc) is 2.99. The maximum atomic E-state index is 10.4. The molecule has 2 N–H and O–H groups in total. The monoisotopic (exact) mass is 325 g/mol. The number of carbonyl (C=O) groups is 1. The van der Waals surface area contributed by atoms with Crippen LogP contribution < -0.4 is 10.1 Å². The van der Waals surface area contributed by atoms with Crippen LogP contribution in [0.4, 0.5) is 0 Å². The van der Waals surface area contributed by atoms with Gasteiger partial charge in [0.05, 0.1) is 6.33 Å². The van der Waals surface area contributed by atoms with Crippen molar-refractivity contribution in [2.75, 3.05) is 13.2 Å². The molecule has 0 saturated heterocycles. The van der Waals surface area contributed by atoms with Crippen molar-refractivity contribution in [3.63, 3.8) is 0 Å². The number of nitrogens with zero attached hydrogens (tertiary/aromatic N) is 2. The van der Waals surface area contributed by atoms with Crippen LogP contribution >= 0.6 is 12.4 Å². The molecule has 0 aliphatic rings. The third kappa shape index (κ3) is 6.60. The van der Waals surface area contributed by atoms with Crippen molar-refractivity contribution in [1.82, 2.24) is 14.9 Å². The Balaban J connectivity index is 0.00000242. The summed E-state index contributed by atoms with van der Waals surface area (Å²) in [5.41, 5.74) is 1.14. The van der Waals surface area contributed by atoms with Gasteiger partial charge < -0.3 is 19.7 Å². The smallest absolute Gasteiger partial charge is 0.341 e. The minimum Gasteiger partial charge on any atom is -0.482 e. The van der Waals surface area contributed by atoms with Gasteiger partial charge >= 0.3 is 5.97 Å². The van der Waals surface area contributed by atoms with E-state index in [9.17, 15) is 4.79 Å². The number of halogens is 1. The molecule has 1 aromatic carbocycles. The minimum absolute atomic E-state index is 0. The predicted molar refractivity (Wildman–Crippen MR) is 85.4 cm³/mol. The number of aliphatic carboxylic acids is 1. The van der Waals surface area contributed by atoms with Gasteiger partial charge in [-0.2, -0.15) is 0 Å². The van der Waals surface area contributed by atoms with Gasteiger partial charge in [-0.25, -0.2) is 9.78 Å². The molecule has 0 saturated carbocycles. The van der Waals surface area contributed by atoms with Crippen molar-refractivity contribution in [1.29, 1.82) is 0 Å². The minimum atomic E-state index is -0.973. The molecule has 1 aromatic heterocycles. The van der Waals surface area contributed by atoms with Crippen LogP contribution in [0.15, 0.2) is 43.0 Å². The van der Waals surface area contributed by atoms with Crippen LogP contribution in [0.3, 0.4) is 0 Å². The zero-order chi connectivity index (χ0) is 14.9. The summed E-state index contributed by atoms with van der Waals surface area (Å²) in [6.45, 7) is 2.35. The summed E-state index contributed by atoms with van der Waals surface area (Å²) < 4.78 is 7.13. The van der Waals surface area contributed by atoms with E-state index in [1.165, 1.54) is 0 Å². The van der Waals surface area contributed by atoms with E-state index >= 15 is 0 Å². The summed E-state index contributed by atoms with van der Waals surface area (Å²) in [6.07, 6.45) is 6.59. The average molecular weight is 326 g/mol. The van der Waals surface area contributed by atoms with Crippen LogP contribution in [-0.2, 0) is 17.9 Å². The second-order valence-corrected chi connectivity index (χ2v) is 4.66. The highest BCUT2D eigenvalue weighted by atomic mass is 35.5. The van der Waals surface area contributed by atoms with E-state index in [2.05, 4.69) is 14.9 Å². The highest BCUT2D eigenvalue weighted by molar-refractivity contribution is 5.85. The Labute approximate surface area is 135 Å². The molecule has 0 atom stereocenters. The molecular weight excluding hydrogens is 306 g/mol. The molecule has 0 fully saturated rings. The highest BCUT2D eigenvalue weighted by Crippen LogP contribution is 2.11. The molecule has 0 bridgehead atoms. The first-order valence-electron chi connectivity index (χ1n) is 6.84. The second kappa shape index (κ2) is 9.81. The lowest BCUT2D eigenvalue weighted by atomic mass is 10.2. The van der Waals surface area contributed by atoms with Gasteiger partial charge in [-0.15, -0.1) is 12.4 Å². The fourth-order valence-electron chi connectivity index (χ4n) is 1.89. The topological polar surface area (TPSA) is 76.4 Å². The number of ether oxygens (including phenoxy) is 1. The van der Waals surface area contributed by atoms with Gasteiger partial charge in [0.2, 0.25) is 0 Å². The van der Waals surface area contributed by atoms with Crippen LogP contribution in [-0.4, -0.2) is 33.8 Å². The normalized spacial score (nSPS) is 10.0. The van der Waals surface area contributed by atoms with E-state index in [0.29, 0.717) is 5.75 Å². The summed E-state index contributed by atoms with van der Waals surface area (Å²) >= 11 is 0. The zero-order valence-electron chi connectivity index (χ0n) is 12.1. The van der Waals surface area contributed by atoms with E-state index in [1.54, 1.807) is 18.3 Å². The summed E-state index contributed by atoms with van der Waals surface area (Å²) in [5, 5.41) is 11.9. The van der Waals surface area contributed by atoms with Gasteiger partial charge in [0.25, 0.3) is 0 Å². The van der Waals surface area contributed by atoms with Crippen LogP contribution in [0, 0.1) is 0 Å². The number of carboxylic acid groups (broad SMARTS) is 1. The third-order valence-corrected chi connectivity index (χ3v) is 2.94. The predicted octanol–water partition coefficient (Wildman–Crippen LogP) is 1.95. The van der Waals surface area contributed by atoms with Crippen molar-refractivity contribution >= 4 is 18.4 Å². The van der Waals surface area contributed by atoms with Crippen molar-refractivity contribution in [3.05, 3.63) is 48.5 Å². The first-order valence-corrected chi connectivity index (χ1v) is 6.84. The number of carboxylic acids is 1. The number of hydrogen-bond acceptors (Lipinski definition) is 4. The molecule has 0 amide bonds. The Bertz CT molecular complexity index is 544. The lowest BCUT2D eigenvalue weighted by Crippen LogP contribution is -2.16. The molecule has 2 rings (SSSR count). The lowest BCUT2D eigenvalue weighted by molar-refractivity contribution is -0.139. The van der Waals surface area contributed by atoms with Gasteiger partial charge in [0, 0.05) is 25.5 Å². The summed E-state index contributed by atoms with van der Waals surface area (Å²) in [6, 6.07) is 7.43. The molecule has 6 nitrogen and oxygen atoms in total. The Kier molecular flexibility index (Phi) is 8.03. The number of rotatable bonds is 9. The van der Waals surface area contributed by atoms with E-state index < -0.39 is 5.97 Å². The van der Waals surface area contributed by atoms with Crippen LogP contribution in [0.5, 0.6) is 5.75 Å². The van der Waals surface area contributed by atoms with Gasteiger partial charge in [-0.3, -0.25) is 0 Å². The Morgan fingerprint density at radius 2 is 2.09 bits per heavy atom. The highest BCUT2D eigenvalue weighted by Gasteiger charge is 1.99. The van der Waals surface area contributed by atoms with E-state index in [4.69, 9.17) is 9.84 Å². The van der Waals surface area contributed by atoms with Crippen molar-refractivity contribution in [2.24, 2.45) is 0 Å². The SMILES string of the molecule is Cl.O=C(O)COc1ccc(CNCCCn2ccnc2)cc1. The quantitative estimate of drug-likeness (QED) is 0.689. The molecule has 0 aliphatic carbocycles. The third-order valence-electron chi connectivity index (χ3n) is 2.94. The second-order valence-electron chi connectivity index (χ2n) is 4.66.